The first kappa shape index (κ1) is 18.8. The largest absolute Gasteiger partial charge is 0.449 e. The Morgan fingerprint density at radius 2 is 1.64 bits per heavy atom. The lowest BCUT2D eigenvalue weighted by atomic mass is 10.2. The van der Waals surface area contributed by atoms with Crippen molar-refractivity contribution >= 4 is 17.8 Å². The minimum absolute atomic E-state index is 0.295. The van der Waals surface area contributed by atoms with E-state index in [1.165, 1.54) is 6.92 Å². The van der Waals surface area contributed by atoms with Crippen molar-refractivity contribution in [2.24, 2.45) is 0 Å². The highest BCUT2D eigenvalue weighted by atomic mass is 16.5. The number of hydrogen-bond acceptors (Lipinski definition) is 5. The molecule has 3 rings (SSSR count). The highest BCUT2D eigenvalue weighted by Gasteiger charge is 2.19. The van der Waals surface area contributed by atoms with Gasteiger partial charge < -0.3 is 4.74 Å². The summed E-state index contributed by atoms with van der Waals surface area (Å²) in [7, 11) is 0. The van der Waals surface area contributed by atoms with E-state index in [0.717, 1.165) is 5.69 Å². The second kappa shape index (κ2) is 8.63. The van der Waals surface area contributed by atoms with E-state index < -0.39 is 23.9 Å². The van der Waals surface area contributed by atoms with Crippen molar-refractivity contribution in [1.82, 2.24) is 20.6 Å². The third-order valence-electron chi connectivity index (χ3n) is 3.86. The van der Waals surface area contributed by atoms with E-state index in [4.69, 9.17) is 4.74 Å². The molecule has 0 aliphatic heterocycles. The van der Waals surface area contributed by atoms with Gasteiger partial charge in [0.25, 0.3) is 11.8 Å². The molecule has 0 spiro atoms. The molecule has 0 fully saturated rings. The van der Waals surface area contributed by atoms with Crippen LogP contribution in [0.25, 0.3) is 5.69 Å². The quantitative estimate of drug-likeness (QED) is 0.521. The molecule has 8 heteroatoms. The highest BCUT2D eigenvalue weighted by molar-refractivity contribution is 5.96. The first-order valence-electron chi connectivity index (χ1n) is 8.51. The fourth-order valence-electron chi connectivity index (χ4n) is 2.34. The number of carbonyl (C=O) groups is 3. The Morgan fingerprint density at radius 1 is 0.929 bits per heavy atom. The van der Waals surface area contributed by atoms with E-state index >= 15 is 0 Å². The van der Waals surface area contributed by atoms with E-state index in [0.29, 0.717) is 11.1 Å². The molecule has 2 amide bonds. The van der Waals surface area contributed by atoms with Crippen molar-refractivity contribution in [2.45, 2.75) is 13.0 Å². The number of hydrazine groups is 1. The zero-order chi connectivity index (χ0) is 19.9. The predicted octanol–water partition coefficient (Wildman–Crippen LogP) is 1.88. The molecule has 8 nitrogen and oxygen atoms in total. The van der Waals surface area contributed by atoms with Gasteiger partial charge in [-0.2, -0.15) is 5.10 Å². The number of amides is 2. The summed E-state index contributed by atoms with van der Waals surface area (Å²) in [6.07, 6.45) is 2.34. The van der Waals surface area contributed by atoms with Crippen molar-refractivity contribution in [1.29, 1.82) is 0 Å². The first-order chi connectivity index (χ1) is 13.5. The van der Waals surface area contributed by atoms with Gasteiger partial charge in [0.05, 0.1) is 11.3 Å². The molecule has 142 valence electrons. The molecule has 1 aromatic heterocycles. The van der Waals surface area contributed by atoms with Crippen LogP contribution in [0.1, 0.15) is 27.6 Å². The summed E-state index contributed by atoms with van der Waals surface area (Å²) in [5.41, 5.74) is 5.99. The van der Waals surface area contributed by atoms with Gasteiger partial charge >= 0.3 is 5.97 Å². The summed E-state index contributed by atoms with van der Waals surface area (Å²) < 4.78 is 6.80. The van der Waals surface area contributed by atoms with Crippen LogP contribution in [0.5, 0.6) is 0 Å². The van der Waals surface area contributed by atoms with Crippen LogP contribution in [-0.2, 0) is 9.53 Å². The normalized spacial score (nSPS) is 11.3. The summed E-state index contributed by atoms with van der Waals surface area (Å²) in [4.78, 5) is 36.1. The standard InChI is InChI=1S/C20H18N4O4/c1-14(18(25)22-23-19(26)15-6-3-2-4-7-15)28-20(27)16-8-10-17(11-9-16)24-13-5-12-21-24/h2-14H,1H3,(H,22,25)(H,23,26)/t14-/m1/s1. The molecule has 0 saturated heterocycles. The molecule has 0 radical (unpaired) electrons. The second-order valence-electron chi connectivity index (χ2n) is 5.85. The minimum Gasteiger partial charge on any atom is -0.449 e. The van der Waals surface area contributed by atoms with Gasteiger partial charge in [-0.1, -0.05) is 18.2 Å². The number of esters is 1. The number of nitrogens with zero attached hydrogens (tertiary/aromatic N) is 2. The zero-order valence-electron chi connectivity index (χ0n) is 15.0. The van der Waals surface area contributed by atoms with Gasteiger partial charge in [-0.15, -0.1) is 0 Å². The van der Waals surface area contributed by atoms with Gasteiger partial charge in [0.15, 0.2) is 6.10 Å². The zero-order valence-corrected chi connectivity index (χ0v) is 15.0. The molecule has 1 heterocycles. The summed E-state index contributed by atoms with van der Waals surface area (Å²) in [6.45, 7) is 1.42. The number of carbonyl (C=O) groups excluding carboxylic acids is 3. The van der Waals surface area contributed by atoms with E-state index in [2.05, 4.69) is 16.0 Å². The Labute approximate surface area is 161 Å². The van der Waals surface area contributed by atoms with Crippen molar-refractivity contribution in [3.05, 3.63) is 84.2 Å². The topological polar surface area (TPSA) is 102 Å². The van der Waals surface area contributed by atoms with Gasteiger partial charge in [0.2, 0.25) is 0 Å². The fourth-order valence-corrected chi connectivity index (χ4v) is 2.34. The molecular formula is C20H18N4O4. The van der Waals surface area contributed by atoms with Gasteiger partial charge in [0.1, 0.15) is 0 Å². The van der Waals surface area contributed by atoms with Crippen LogP contribution in [0.2, 0.25) is 0 Å². The van der Waals surface area contributed by atoms with E-state index in [1.54, 1.807) is 77.7 Å². The lowest BCUT2D eigenvalue weighted by molar-refractivity contribution is -0.129. The maximum absolute atomic E-state index is 12.2. The van der Waals surface area contributed by atoms with Crippen molar-refractivity contribution in [3.8, 4) is 5.69 Å². The average Bonchev–Trinajstić information content (AvgIpc) is 3.27. The van der Waals surface area contributed by atoms with Crippen LogP contribution >= 0.6 is 0 Å². The fraction of sp³-hybridized carbons (Fsp3) is 0.100. The second-order valence-corrected chi connectivity index (χ2v) is 5.85. The summed E-state index contributed by atoms with van der Waals surface area (Å²) >= 11 is 0. The Bertz CT molecular complexity index is 954. The molecule has 0 bridgehead atoms. The molecule has 0 saturated carbocycles. The molecule has 3 aromatic rings. The Morgan fingerprint density at radius 3 is 2.29 bits per heavy atom. The van der Waals surface area contributed by atoms with Crippen LogP contribution < -0.4 is 10.9 Å². The summed E-state index contributed by atoms with van der Waals surface area (Å²) in [5.74, 6) is -1.77. The number of aromatic nitrogens is 2. The monoisotopic (exact) mass is 378 g/mol. The Kier molecular flexibility index (Phi) is 5.81. The molecule has 0 aliphatic rings. The molecule has 2 aromatic carbocycles. The molecule has 0 aliphatic carbocycles. The van der Waals surface area contributed by atoms with Crippen LogP contribution in [0, 0.1) is 0 Å². The number of benzene rings is 2. The maximum atomic E-state index is 12.2. The lowest BCUT2D eigenvalue weighted by Gasteiger charge is -2.14. The van der Waals surface area contributed by atoms with E-state index in [9.17, 15) is 14.4 Å². The maximum Gasteiger partial charge on any atom is 0.338 e. The van der Waals surface area contributed by atoms with Gasteiger partial charge in [0, 0.05) is 18.0 Å². The Hall–Kier alpha value is -3.94. The number of ether oxygens (including phenoxy) is 1. The molecule has 2 N–H and O–H groups in total. The van der Waals surface area contributed by atoms with Crippen LogP contribution in [0.4, 0.5) is 0 Å². The van der Waals surface area contributed by atoms with Crippen molar-refractivity contribution in [3.63, 3.8) is 0 Å². The van der Waals surface area contributed by atoms with Crippen LogP contribution in [0.3, 0.4) is 0 Å². The minimum atomic E-state index is -1.09. The van der Waals surface area contributed by atoms with E-state index in [1.807, 2.05) is 0 Å². The highest BCUT2D eigenvalue weighted by Crippen LogP contribution is 2.10. The number of nitrogens with one attached hydrogen (secondary N) is 2. The molecule has 28 heavy (non-hydrogen) atoms. The number of rotatable bonds is 5. The molecular weight excluding hydrogens is 360 g/mol. The van der Waals surface area contributed by atoms with Crippen LogP contribution in [0.15, 0.2) is 73.1 Å². The lowest BCUT2D eigenvalue weighted by Crippen LogP contribution is -2.46. The first-order valence-corrected chi connectivity index (χ1v) is 8.51. The number of hydrogen-bond donors (Lipinski definition) is 2. The van der Waals surface area contributed by atoms with Crippen molar-refractivity contribution < 1.29 is 19.1 Å². The van der Waals surface area contributed by atoms with Gasteiger partial charge in [-0.25, -0.2) is 9.48 Å². The summed E-state index contributed by atoms with van der Waals surface area (Å²) in [5, 5.41) is 4.10. The van der Waals surface area contributed by atoms with Crippen LogP contribution in [-0.4, -0.2) is 33.7 Å². The van der Waals surface area contributed by atoms with Gasteiger partial charge in [-0.05, 0) is 49.4 Å². The van der Waals surface area contributed by atoms with Crippen molar-refractivity contribution in [2.75, 3.05) is 0 Å². The smallest absolute Gasteiger partial charge is 0.338 e. The summed E-state index contributed by atoms with van der Waals surface area (Å²) in [6, 6.07) is 16.8. The van der Waals surface area contributed by atoms with E-state index in [-0.39, 0.29) is 0 Å². The third kappa shape index (κ3) is 4.61. The Balaban J connectivity index is 1.52. The predicted molar refractivity (Wildman–Crippen MR) is 100 cm³/mol. The molecule has 1 atom stereocenters. The molecule has 0 unspecified atom stereocenters. The SMILES string of the molecule is C[C@@H](OC(=O)c1ccc(-n2cccn2)cc1)C(=O)NNC(=O)c1ccccc1. The average molecular weight is 378 g/mol. The van der Waals surface area contributed by atoms with Gasteiger partial charge in [-0.3, -0.25) is 20.4 Å². The third-order valence-corrected chi connectivity index (χ3v) is 3.86.